The number of aromatic nitrogens is 2. The van der Waals surface area contributed by atoms with Crippen LogP contribution in [0.3, 0.4) is 0 Å². The molecule has 1 aromatic carbocycles. The van der Waals surface area contributed by atoms with E-state index in [1.54, 1.807) is 25.3 Å². The van der Waals surface area contributed by atoms with Crippen LogP contribution in [0.25, 0.3) is 5.69 Å². The van der Waals surface area contributed by atoms with Gasteiger partial charge in [0.1, 0.15) is 5.02 Å². The maximum atomic E-state index is 12.6. The van der Waals surface area contributed by atoms with Crippen LogP contribution in [0.5, 0.6) is 0 Å². The molecular weight excluding hydrogens is 342 g/mol. The summed E-state index contributed by atoms with van der Waals surface area (Å²) < 4.78 is 6.43. The standard InChI is InChI=1S/C18H20ClN3O3/c1-3-25-17(24)18(2)9-10-21(12-18)14-11-20-22(16(23)15(14)19)13-7-5-4-6-8-13/h4-8,11H,3,9-10,12H2,1-2H3. The summed E-state index contributed by atoms with van der Waals surface area (Å²) in [6.07, 6.45) is 2.22. The molecule has 0 saturated carbocycles. The molecule has 0 spiro atoms. The highest BCUT2D eigenvalue weighted by Crippen LogP contribution is 2.36. The number of rotatable bonds is 4. The highest BCUT2D eigenvalue weighted by atomic mass is 35.5. The van der Waals surface area contributed by atoms with Gasteiger partial charge in [-0.15, -0.1) is 0 Å². The Morgan fingerprint density at radius 3 is 2.76 bits per heavy atom. The quantitative estimate of drug-likeness (QED) is 0.783. The SMILES string of the molecule is CCOC(=O)C1(C)CCN(c2cnn(-c3ccccc3)c(=O)c2Cl)C1. The van der Waals surface area contributed by atoms with Crippen molar-refractivity contribution >= 4 is 23.3 Å². The van der Waals surface area contributed by atoms with Gasteiger partial charge < -0.3 is 9.64 Å². The molecule has 1 aliphatic rings. The van der Waals surface area contributed by atoms with Crippen LogP contribution in [-0.4, -0.2) is 35.4 Å². The topological polar surface area (TPSA) is 64.4 Å². The minimum absolute atomic E-state index is 0.104. The van der Waals surface area contributed by atoms with Gasteiger partial charge in [-0.25, -0.2) is 0 Å². The highest BCUT2D eigenvalue weighted by molar-refractivity contribution is 6.33. The molecule has 2 heterocycles. The minimum atomic E-state index is -0.604. The highest BCUT2D eigenvalue weighted by Gasteiger charge is 2.42. The lowest BCUT2D eigenvalue weighted by Gasteiger charge is -2.24. The molecule has 0 aliphatic carbocycles. The number of carbonyl (C=O) groups excluding carboxylic acids is 1. The van der Waals surface area contributed by atoms with Gasteiger partial charge in [-0.1, -0.05) is 29.8 Å². The van der Waals surface area contributed by atoms with Crippen molar-refractivity contribution in [1.82, 2.24) is 9.78 Å². The molecule has 1 atom stereocenters. The average Bonchev–Trinajstić information content (AvgIpc) is 3.02. The van der Waals surface area contributed by atoms with Gasteiger partial charge in [0.2, 0.25) is 0 Å². The fraction of sp³-hybridized carbons (Fsp3) is 0.389. The van der Waals surface area contributed by atoms with Crippen LogP contribution in [0.15, 0.2) is 41.3 Å². The number of para-hydroxylation sites is 1. The van der Waals surface area contributed by atoms with E-state index in [2.05, 4.69) is 5.10 Å². The third-order valence-electron chi connectivity index (χ3n) is 4.48. The zero-order valence-corrected chi connectivity index (χ0v) is 15.0. The van der Waals surface area contributed by atoms with Gasteiger partial charge in [0, 0.05) is 13.1 Å². The number of halogens is 1. The molecule has 1 saturated heterocycles. The Kier molecular flexibility index (Phi) is 4.81. The third kappa shape index (κ3) is 3.26. The summed E-state index contributed by atoms with van der Waals surface area (Å²) in [5.74, 6) is -0.223. The molecular formula is C18H20ClN3O3. The maximum absolute atomic E-state index is 12.6. The van der Waals surface area contributed by atoms with Crippen LogP contribution in [0.2, 0.25) is 5.02 Å². The number of anilines is 1. The van der Waals surface area contributed by atoms with Gasteiger partial charge in [0.25, 0.3) is 5.56 Å². The first-order valence-electron chi connectivity index (χ1n) is 8.22. The van der Waals surface area contributed by atoms with Crippen LogP contribution < -0.4 is 10.5 Å². The van der Waals surface area contributed by atoms with Crippen molar-refractivity contribution in [2.24, 2.45) is 5.41 Å². The fourth-order valence-corrected chi connectivity index (χ4v) is 3.28. The second-order valence-corrected chi connectivity index (χ2v) is 6.73. The van der Waals surface area contributed by atoms with Crippen molar-refractivity contribution in [3.8, 4) is 5.69 Å². The normalized spacial score (nSPS) is 19.9. The molecule has 6 nitrogen and oxygen atoms in total. The predicted molar refractivity (Wildman–Crippen MR) is 96.4 cm³/mol. The summed E-state index contributed by atoms with van der Waals surface area (Å²) in [7, 11) is 0. The summed E-state index contributed by atoms with van der Waals surface area (Å²) in [6.45, 7) is 5.08. The molecule has 0 amide bonds. The lowest BCUT2D eigenvalue weighted by Crippen LogP contribution is -2.34. The molecule has 0 radical (unpaired) electrons. The maximum Gasteiger partial charge on any atom is 0.313 e. The Hall–Kier alpha value is -2.34. The van der Waals surface area contributed by atoms with Gasteiger partial charge in [-0.2, -0.15) is 9.78 Å². The number of esters is 1. The number of carbonyl (C=O) groups is 1. The van der Waals surface area contributed by atoms with Crippen molar-refractivity contribution < 1.29 is 9.53 Å². The number of hydrogen-bond acceptors (Lipinski definition) is 5. The van der Waals surface area contributed by atoms with E-state index in [0.717, 1.165) is 0 Å². The molecule has 1 fully saturated rings. The third-order valence-corrected chi connectivity index (χ3v) is 4.84. The van der Waals surface area contributed by atoms with E-state index in [4.69, 9.17) is 16.3 Å². The van der Waals surface area contributed by atoms with Gasteiger partial charge >= 0.3 is 5.97 Å². The number of nitrogens with zero attached hydrogens (tertiary/aromatic N) is 3. The van der Waals surface area contributed by atoms with Crippen LogP contribution in [0.1, 0.15) is 20.3 Å². The van der Waals surface area contributed by atoms with Crippen LogP contribution in [0.4, 0.5) is 5.69 Å². The summed E-state index contributed by atoms with van der Waals surface area (Å²) in [4.78, 5) is 26.7. The van der Waals surface area contributed by atoms with Crippen LogP contribution in [-0.2, 0) is 9.53 Å². The molecule has 7 heteroatoms. The minimum Gasteiger partial charge on any atom is -0.466 e. The second-order valence-electron chi connectivity index (χ2n) is 6.35. The van der Waals surface area contributed by atoms with E-state index in [1.807, 2.05) is 30.0 Å². The molecule has 1 aliphatic heterocycles. The van der Waals surface area contributed by atoms with E-state index >= 15 is 0 Å². The number of hydrogen-bond donors (Lipinski definition) is 0. The van der Waals surface area contributed by atoms with Crippen LogP contribution >= 0.6 is 11.6 Å². The molecule has 3 rings (SSSR count). The Morgan fingerprint density at radius 1 is 1.36 bits per heavy atom. The largest absolute Gasteiger partial charge is 0.466 e. The lowest BCUT2D eigenvalue weighted by molar-refractivity contribution is -0.153. The van der Waals surface area contributed by atoms with Crippen molar-refractivity contribution in [1.29, 1.82) is 0 Å². The van der Waals surface area contributed by atoms with E-state index in [9.17, 15) is 9.59 Å². The van der Waals surface area contributed by atoms with E-state index in [1.165, 1.54) is 4.68 Å². The monoisotopic (exact) mass is 361 g/mol. The number of benzene rings is 1. The summed E-state index contributed by atoms with van der Waals surface area (Å²) in [5, 5.41) is 4.35. The summed E-state index contributed by atoms with van der Waals surface area (Å²) in [5.41, 5.74) is 0.217. The first-order chi connectivity index (χ1) is 12.0. The van der Waals surface area contributed by atoms with Crippen molar-refractivity contribution in [3.63, 3.8) is 0 Å². The van der Waals surface area contributed by atoms with Gasteiger partial charge in [0.15, 0.2) is 0 Å². The molecule has 25 heavy (non-hydrogen) atoms. The molecule has 132 valence electrons. The second kappa shape index (κ2) is 6.88. The summed E-state index contributed by atoms with van der Waals surface area (Å²) in [6, 6.07) is 9.11. The van der Waals surface area contributed by atoms with Gasteiger partial charge in [-0.3, -0.25) is 9.59 Å². The Labute approximate surface area is 151 Å². The zero-order valence-electron chi connectivity index (χ0n) is 14.2. The predicted octanol–water partition coefficient (Wildman–Crippen LogP) is 2.67. The molecule has 2 aromatic rings. The van der Waals surface area contributed by atoms with Crippen molar-refractivity contribution in [3.05, 3.63) is 51.9 Å². The Bertz CT molecular complexity index is 837. The molecule has 0 N–H and O–H groups in total. The van der Waals surface area contributed by atoms with Gasteiger partial charge in [0.05, 0.1) is 29.6 Å². The van der Waals surface area contributed by atoms with Gasteiger partial charge in [-0.05, 0) is 32.4 Å². The average molecular weight is 362 g/mol. The lowest BCUT2D eigenvalue weighted by atomic mass is 9.90. The Morgan fingerprint density at radius 2 is 2.08 bits per heavy atom. The molecule has 1 unspecified atom stereocenters. The van der Waals surface area contributed by atoms with E-state index < -0.39 is 5.41 Å². The molecule has 0 bridgehead atoms. The first kappa shape index (κ1) is 17.5. The fourth-order valence-electron chi connectivity index (χ4n) is 3.04. The summed E-state index contributed by atoms with van der Waals surface area (Å²) >= 11 is 6.33. The Balaban J connectivity index is 1.89. The molecule has 1 aromatic heterocycles. The zero-order chi connectivity index (χ0) is 18.0. The first-order valence-corrected chi connectivity index (χ1v) is 8.59. The smallest absolute Gasteiger partial charge is 0.313 e. The van der Waals surface area contributed by atoms with Crippen LogP contribution in [0, 0.1) is 5.41 Å². The van der Waals surface area contributed by atoms with E-state index in [0.29, 0.717) is 37.5 Å². The number of ether oxygens (including phenoxy) is 1. The van der Waals surface area contributed by atoms with Crippen molar-refractivity contribution in [2.75, 3.05) is 24.6 Å². The van der Waals surface area contributed by atoms with E-state index in [-0.39, 0.29) is 16.6 Å². The van der Waals surface area contributed by atoms with Crippen molar-refractivity contribution in [2.45, 2.75) is 20.3 Å².